The van der Waals surface area contributed by atoms with Crippen molar-refractivity contribution < 1.29 is 0 Å². The minimum atomic E-state index is 0.588. The van der Waals surface area contributed by atoms with Crippen LogP contribution in [-0.2, 0) is 0 Å². The van der Waals surface area contributed by atoms with E-state index in [1.165, 1.54) is 75.4 Å². The summed E-state index contributed by atoms with van der Waals surface area (Å²) in [6.45, 7) is 11.6. The lowest BCUT2D eigenvalue weighted by Crippen LogP contribution is -2.31. The number of aryl methyl sites for hydroxylation is 1. The lowest BCUT2D eigenvalue weighted by molar-refractivity contribution is 0.228. The molecule has 1 atom stereocenters. The molecule has 2 aliphatic rings. The van der Waals surface area contributed by atoms with Crippen LogP contribution in [0.25, 0.3) is 0 Å². The normalized spacial score (nSPS) is 23.5. The molecule has 0 spiro atoms. The minimum absolute atomic E-state index is 0.588. The fourth-order valence-electron chi connectivity index (χ4n) is 4.08. The SMILES string of the molecule is Cc1nc(N2CCCCC2)ccc1[C@@H]1CCCN1CC(C)C. The van der Waals surface area contributed by atoms with Gasteiger partial charge in [-0.3, -0.25) is 4.90 Å². The van der Waals surface area contributed by atoms with Crippen molar-refractivity contribution in [3.05, 3.63) is 23.4 Å². The van der Waals surface area contributed by atoms with Gasteiger partial charge in [-0.1, -0.05) is 19.9 Å². The largest absolute Gasteiger partial charge is 0.357 e. The quantitative estimate of drug-likeness (QED) is 0.832. The van der Waals surface area contributed by atoms with Crippen molar-refractivity contribution in [2.75, 3.05) is 31.1 Å². The molecule has 0 N–H and O–H groups in total. The summed E-state index contributed by atoms with van der Waals surface area (Å²) < 4.78 is 0. The van der Waals surface area contributed by atoms with E-state index in [1.54, 1.807) is 0 Å². The van der Waals surface area contributed by atoms with Gasteiger partial charge in [0.2, 0.25) is 0 Å². The average molecular weight is 301 g/mol. The molecule has 0 bridgehead atoms. The second kappa shape index (κ2) is 6.99. The van der Waals surface area contributed by atoms with Crippen molar-refractivity contribution in [1.82, 2.24) is 9.88 Å². The highest BCUT2D eigenvalue weighted by Crippen LogP contribution is 2.34. The van der Waals surface area contributed by atoms with E-state index in [4.69, 9.17) is 4.98 Å². The maximum Gasteiger partial charge on any atom is 0.128 e. The molecule has 0 aromatic carbocycles. The molecule has 1 aromatic rings. The van der Waals surface area contributed by atoms with Crippen molar-refractivity contribution in [3.8, 4) is 0 Å². The summed E-state index contributed by atoms with van der Waals surface area (Å²) in [7, 11) is 0. The Morgan fingerprint density at radius 3 is 2.55 bits per heavy atom. The van der Waals surface area contributed by atoms with E-state index in [0.717, 1.165) is 5.92 Å². The standard InChI is InChI=1S/C19H31N3/c1-15(2)14-22-13-7-8-18(22)17-9-10-19(20-16(17)3)21-11-5-4-6-12-21/h9-10,15,18H,4-8,11-14H2,1-3H3/t18-/m0/s1. The Bertz CT molecular complexity index is 491. The van der Waals surface area contributed by atoms with Gasteiger partial charge in [0.15, 0.2) is 0 Å². The van der Waals surface area contributed by atoms with Crippen molar-refractivity contribution >= 4 is 5.82 Å². The highest BCUT2D eigenvalue weighted by atomic mass is 15.2. The Labute approximate surface area is 135 Å². The molecule has 3 heterocycles. The van der Waals surface area contributed by atoms with Gasteiger partial charge in [0, 0.05) is 31.4 Å². The van der Waals surface area contributed by atoms with Gasteiger partial charge in [0.1, 0.15) is 5.82 Å². The van der Waals surface area contributed by atoms with Crippen molar-refractivity contribution in [2.45, 2.75) is 58.9 Å². The van der Waals surface area contributed by atoms with Crippen LogP contribution in [0.3, 0.4) is 0 Å². The van der Waals surface area contributed by atoms with E-state index in [2.05, 4.69) is 42.7 Å². The maximum absolute atomic E-state index is 4.95. The topological polar surface area (TPSA) is 19.4 Å². The zero-order valence-corrected chi connectivity index (χ0v) is 14.5. The number of aromatic nitrogens is 1. The molecular formula is C19H31N3. The average Bonchev–Trinajstić information content (AvgIpc) is 2.95. The third-order valence-corrected chi connectivity index (χ3v) is 5.11. The molecule has 3 nitrogen and oxygen atoms in total. The lowest BCUT2D eigenvalue weighted by atomic mass is 10.0. The zero-order chi connectivity index (χ0) is 15.5. The summed E-state index contributed by atoms with van der Waals surface area (Å²) in [6.07, 6.45) is 6.61. The molecule has 0 radical (unpaired) electrons. The van der Waals surface area contributed by atoms with Gasteiger partial charge >= 0.3 is 0 Å². The van der Waals surface area contributed by atoms with E-state index < -0.39 is 0 Å². The number of hydrogen-bond acceptors (Lipinski definition) is 3. The van der Waals surface area contributed by atoms with Gasteiger partial charge in [-0.05, 0) is 63.1 Å². The van der Waals surface area contributed by atoms with Crippen molar-refractivity contribution in [2.24, 2.45) is 5.92 Å². The van der Waals surface area contributed by atoms with Gasteiger partial charge in [0.05, 0.1) is 0 Å². The number of pyridine rings is 1. The molecule has 0 aliphatic carbocycles. The fraction of sp³-hybridized carbons (Fsp3) is 0.737. The number of likely N-dealkylation sites (tertiary alicyclic amines) is 1. The molecule has 3 rings (SSSR count). The molecule has 2 aliphatic heterocycles. The van der Waals surface area contributed by atoms with E-state index in [0.29, 0.717) is 6.04 Å². The maximum atomic E-state index is 4.95. The molecule has 3 heteroatoms. The zero-order valence-electron chi connectivity index (χ0n) is 14.5. The molecule has 1 aromatic heterocycles. The van der Waals surface area contributed by atoms with Crippen molar-refractivity contribution in [1.29, 1.82) is 0 Å². The van der Waals surface area contributed by atoms with Crippen LogP contribution in [0, 0.1) is 12.8 Å². The first-order valence-electron chi connectivity index (χ1n) is 9.11. The Balaban J connectivity index is 1.76. The second-order valence-corrected chi connectivity index (χ2v) is 7.44. The van der Waals surface area contributed by atoms with E-state index >= 15 is 0 Å². The molecule has 122 valence electrons. The lowest BCUT2D eigenvalue weighted by Gasteiger charge is -2.30. The van der Waals surface area contributed by atoms with E-state index in [1.807, 2.05) is 0 Å². The first kappa shape index (κ1) is 15.8. The molecule has 2 saturated heterocycles. The second-order valence-electron chi connectivity index (χ2n) is 7.44. The van der Waals surface area contributed by atoms with Gasteiger partial charge < -0.3 is 4.90 Å². The van der Waals surface area contributed by atoms with Crippen LogP contribution in [0.4, 0.5) is 5.82 Å². The molecule has 0 saturated carbocycles. The minimum Gasteiger partial charge on any atom is -0.357 e. The Kier molecular flexibility index (Phi) is 5.02. The number of nitrogens with zero attached hydrogens (tertiary/aromatic N) is 3. The van der Waals surface area contributed by atoms with E-state index in [9.17, 15) is 0 Å². The van der Waals surface area contributed by atoms with Crippen LogP contribution < -0.4 is 4.90 Å². The fourth-order valence-corrected chi connectivity index (χ4v) is 4.08. The molecule has 22 heavy (non-hydrogen) atoms. The van der Waals surface area contributed by atoms with E-state index in [-0.39, 0.29) is 0 Å². The van der Waals surface area contributed by atoms with Gasteiger partial charge in [-0.15, -0.1) is 0 Å². The molecule has 0 amide bonds. The third kappa shape index (κ3) is 3.45. The first-order valence-corrected chi connectivity index (χ1v) is 9.11. The summed E-state index contributed by atoms with van der Waals surface area (Å²) in [5.41, 5.74) is 2.70. The summed E-state index contributed by atoms with van der Waals surface area (Å²) >= 11 is 0. The van der Waals surface area contributed by atoms with Gasteiger partial charge in [-0.25, -0.2) is 4.98 Å². The molecule has 0 unspecified atom stereocenters. The van der Waals surface area contributed by atoms with Gasteiger partial charge in [-0.2, -0.15) is 0 Å². The summed E-state index contributed by atoms with van der Waals surface area (Å²) in [6, 6.07) is 5.21. The van der Waals surface area contributed by atoms with Crippen LogP contribution in [0.15, 0.2) is 12.1 Å². The highest BCUT2D eigenvalue weighted by Gasteiger charge is 2.28. The first-order chi connectivity index (χ1) is 10.6. The number of rotatable bonds is 4. The molecular weight excluding hydrogens is 270 g/mol. The third-order valence-electron chi connectivity index (χ3n) is 5.11. The van der Waals surface area contributed by atoms with Crippen LogP contribution >= 0.6 is 0 Å². The summed E-state index contributed by atoms with van der Waals surface area (Å²) in [4.78, 5) is 10.1. The summed E-state index contributed by atoms with van der Waals surface area (Å²) in [5, 5.41) is 0. The molecule has 2 fully saturated rings. The highest BCUT2D eigenvalue weighted by molar-refractivity contribution is 5.43. The number of anilines is 1. The monoisotopic (exact) mass is 301 g/mol. The van der Waals surface area contributed by atoms with Crippen LogP contribution in [0.2, 0.25) is 0 Å². The van der Waals surface area contributed by atoms with Crippen molar-refractivity contribution in [3.63, 3.8) is 0 Å². The van der Waals surface area contributed by atoms with Crippen LogP contribution in [0.1, 0.15) is 63.3 Å². The summed E-state index contributed by atoms with van der Waals surface area (Å²) in [5.74, 6) is 1.93. The van der Waals surface area contributed by atoms with Crippen LogP contribution in [0.5, 0.6) is 0 Å². The predicted molar refractivity (Wildman–Crippen MR) is 93.4 cm³/mol. The number of hydrogen-bond donors (Lipinski definition) is 0. The smallest absolute Gasteiger partial charge is 0.128 e. The van der Waals surface area contributed by atoms with Gasteiger partial charge in [0.25, 0.3) is 0 Å². The Morgan fingerprint density at radius 2 is 1.86 bits per heavy atom. The van der Waals surface area contributed by atoms with Crippen LogP contribution in [-0.4, -0.2) is 36.1 Å². The Morgan fingerprint density at radius 1 is 1.09 bits per heavy atom. The Hall–Kier alpha value is -1.09. The number of piperidine rings is 1. The predicted octanol–water partition coefficient (Wildman–Crippen LogP) is 4.17.